The van der Waals surface area contributed by atoms with Crippen LogP contribution in [0.2, 0.25) is 0 Å². The number of anilines is 2. The number of aromatic nitrogens is 1. The van der Waals surface area contributed by atoms with Crippen molar-refractivity contribution in [2.24, 2.45) is 0 Å². The molecule has 2 aromatic rings. The minimum atomic E-state index is -3.61. The average Bonchev–Trinajstić information content (AvgIpc) is 2.75. The van der Waals surface area contributed by atoms with Gasteiger partial charge in [-0.2, -0.15) is 0 Å². The van der Waals surface area contributed by atoms with Gasteiger partial charge in [0.1, 0.15) is 5.82 Å². The Kier molecular flexibility index (Phi) is 2.90. The van der Waals surface area contributed by atoms with Crippen molar-refractivity contribution in [1.29, 1.82) is 0 Å². The number of fused-ring (bicyclic) bond motifs is 1. The topological polar surface area (TPSA) is 76.3 Å². The van der Waals surface area contributed by atoms with Crippen LogP contribution in [0.5, 0.6) is 0 Å². The van der Waals surface area contributed by atoms with E-state index >= 15 is 0 Å². The predicted octanol–water partition coefficient (Wildman–Crippen LogP) is 1.80. The first-order valence-corrected chi connectivity index (χ1v) is 7.78. The zero-order chi connectivity index (χ0) is 14.3. The van der Waals surface area contributed by atoms with Gasteiger partial charge in [0.05, 0.1) is 10.6 Å². The van der Waals surface area contributed by atoms with Gasteiger partial charge in [-0.3, -0.25) is 4.31 Å². The summed E-state index contributed by atoms with van der Waals surface area (Å²) in [5.41, 5.74) is 7.38. The van der Waals surface area contributed by atoms with Crippen LogP contribution < -0.4 is 10.0 Å². The van der Waals surface area contributed by atoms with Gasteiger partial charge >= 0.3 is 0 Å². The first-order valence-electron chi connectivity index (χ1n) is 6.34. The van der Waals surface area contributed by atoms with E-state index in [2.05, 4.69) is 4.98 Å². The second-order valence-corrected chi connectivity index (χ2v) is 6.71. The highest BCUT2D eigenvalue weighted by Gasteiger charge is 2.35. The number of nitrogen functional groups attached to an aromatic ring is 1. The monoisotopic (exact) mass is 289 g/mol. The quantitative estimate of drug-likeness (QED) is 0.914. The molecule has 1 aromatic carbocycles. The Hall–Kier alpha value is -2.08. The van der Waals surface area contributed by atoms with Crippen molar-refractivity contribution >= 4 is 21.5 Å². The van der Waals surface area contributed by atoms with Crippen LogP contribution in [0.4, 0.5) is 11.5 Å². The second kappa shape index (κ2) is 4.49. The molecule has 1 aliphatic rings. The smallest absolute Gasteiger partial charge is 0.264 e. The number of para-hydroxylation sites is 1. The van der Waals surface area contributed by atoms with Gasteiger partial charge in [-0.15, -0.1) is 0 Å². The second-order valence-electron chi connectivity index (χ2n) is 4.90. The van der Waals surface area contributed by atoms with Gasteiger partial charge in [-0.1, -0.05) is 18.2 Å². The zero-order valence-corrected chi connectivity index (χ0v) is 11.8. The lowest BCUT2D eigenvalue weighted by molar-refractivity contribution is 0.584. The number of rotatable bonds is 2. The molecule has 0 aliphatic carbocycles. The molecule has 1 atom stereocenters. The van der Waals surface area contributed by atoms with E-state index in [-0.39, 0.29) is 16.8 Å². The van der Waals surface area contributed by atoms with Crippen LogP contribution in [0.25, 0.3) is 0 Å². The van der Waals surface area contributed by atoms with Crippen LogP contribution in [-0.2, 0) is 16.4 Å². The van der Waals surface area contributed by atoms with E-state index in [4.69, 9.17) is 5.73 Å². The van der Waals surface area contributed by atoms with E-state index in [0.717, 1.165) is 17.7 Å². The standard InChI is InChI=1S/C14H15N3O2S/c1-10-8-11-4-2-3-5-13(11)17(10)20(18,19)12-6-7-16-14(15)9-12/h2-7,9-10H,8H2,1H3,(H2,15,16). The Morgan fingerprint density at radius 1 is 1.30 bits per heavy atom. The number of pyridine rings is 1. The molecule has 0 bridgehead atoms. The van der Waals surface area contributed by atoms with Crippen LogP contribution in [0.3, 0.4) is 0 Å². The minimum Gasteiger partial charge on any atom is -0.384 e. The number of nitrogens with two attached hydrogens (primary N) is 1. The molecular weight excluding hydrogens is 274 g/mol. The van der Waals surface area contributed by atoms with Crippen molar-refractivity contribution in [2.75, 3.05) is 10.0 Å². The fourth-order valence-electron chi connectivity index (χ4n) is 2.61. The van der Waals surface area contributed by atoms with Gasteiger partial charge in [0.25, 0.3) is 10.0 Å². The Bertz CT molecular complexity index is 759. The third-order valence-electron chi connectivity index (χ3n) is 3.45. The molecule has 2 N–H and O–H groups in total. The van der Waals surface area contributed by atoms with Crippen molar-refractivity contribution in [3.05, 3.63) is 48.2 Å². The highest BCUT2D eigenvalue weighted by Crippen LogP contribution is 2.36. The molecule has 0 fully saturated rings. The first kappa shape index (κ1) is 12.9. The van der Waals surface area contributed by atoms with E-state index in [0.29, 0.717) is 0 Å². The van der Waals surface area contributed by atoms with E-state index in [9.17, 15) is 8.42 Å². The molecule has 5 nitrogen and oxygen atoms in total. The first-order chi connectivity index (χ1) is 9.50. The number of hydrogen-bond donors (Lipinski definition) is 1. The van der Waals surface area contributed by atoms with Crippen LogP contribution in [0.1, 0.15) is 12.5 Å². The van der Waals surface area contributed by atoms with Crippen molar-refractivity contribution in [1.82, 2.24) is 4.98 Å². The maximum absolute atomic E-state index is 12.8. The molecule has 1 aliphatic heterocycles. The lowest BCUT2D eigenvalue weighted by atomic mass is 10.1. The maximum atomic E-state index is 12.8. The normalized spacial score (nSPS) is 18.1. The summed E-state index contributed by atoms with van der Waals surface area (Å²) >= 11 is 0. The van der Waals surface area contributed by atoms with Gasteiger partial charge in [0.2, 0.25) is 0 Å². The summed E-state index contributed by atoms with van der Waals surface area (Å²) in [6.45, 7) is 1.90. The van der Waals surface area contributed by atoms with Crippen molar-refractivity contribution < 1.29 is 8.42 Å². The molecule has 0 saturated heterocycles. The van der Waals surface area contributed by atoms with Crippen LogP contribution >= 0.6 is 0 Å². The number of hydrogen-bond acceptors (Lipinski definition) is 4. The third-order valence-corrected chi connectivity index (χ3v) is 5.38. The summed E-state index contributed by atoms with van der Waals surface area (Å²) in [4.78, 5) is 4.01. The van der Waals surface area contributed by atoms with E-state index < -0.39 is 10.0 Å². The fraction of sp³-hybridized carbons (Fsp3) is 0.214. The summed E-state index contributed by atoms with van der Waals surface area (Å²) in [5.74, 6) is 0.200. The lowest BCUT2D eigenvalue weighted by Crippen LogP contribution is -2.35. The number of nitrogens with zero attached hydrogens (tertiary/aromatic N) is 2. The van der Waals surface area contributed by atoms with Gasteiger partial charge in [-0.05, 0) is 31.0 Å². The molecule has 0 radical (unpaired) electrons. The molecular formula is C14H15N3O2S. The van der Waals surface area contributed by atoms with Crippen molar-refractivity contribution in [3.63, 3.8) is 0 Å². The van der Waals surface area contributed by atoms with E-state index in [1.54, 1.807) is 0 Å². The molecule has 20 heavy (non-hydrogen) atoms. The summed E-state index contributed by atoms with van der Waals surface area (Å²) in [6.07, 6.45) is 2.13. The Balaban J connectivity index is 2.13. The molecule has 2 heterocycles. The van der Waals surface area contributed by atoms with Gasteiger partial charge in [0.15, 0.2) is 0 Å². The predicted molar refractivity (Wildman–Crippen MR) is 77.9 cm³/mol. The van der Waals surface area contributed by atoms with Gasteiger partial charge < -0.3 is 5.73 Å². The summed E-state index contributed by atoms with van der Waals surface area (Å²) in [6, 6.07) is 10.3. The molecule has 104 valence electrons. The van der Waals surface area contributed by atoms with Crippen molar-refractivity contribution in [2.45, 2.75) is 24.3 Å². The molecule has 1 unspecified atom stereocenters. The van der Waals surface area contributed by atoms with Crippen LogP contribution in [-0.4, -0.2) is 19.4 Å². The zero-order valence-electron chi connectivity index (χ0n) is 11.0. The Morgan fingerprint density at radius 3 is 2.80 bits per heavy atom. The lowest BCUT2D eigenvalue weighted by Gasteiger charge is -2.24. The molecule has 0 saturated carbocycles. The Labute approximate surface area is 118 Å². The molecule has 6 heteroatoms. The van der Waals surface area contributed by atoms with Crippen LogP contribution in [0.15, 0.2) is 47.5 Å². The maximum Gasteiger partial charge on any atom is 0.264 e. The molecule has 1 aromatic heterocycles. The number of sulfonamides is 1. The van der Waals surface area contributed by atoms with Crippen LogP contribution in [0, 0.1) is 0 Å². The van der Waals surface area contributed by atoms with E-state index in [1.807, 2.05) is 31.2 Å². The van der Waals surface area contributed by atoms with Crippen molar-refractivity contribution in [3.8, 4) is 0 Å². The summed E-state index contributed by atoms with van der Waals surface area (Å²) in [7, 11) is -3.61. The van der Waals surface area contributed by atoms with Gasteiger partial charge in [0, 0.05) is 18.3 Å². The Morgan fingerprint density at radius 2 is 2.05 bits per heavy atom. The largest absolute Gasteiger partial charge is 0.384 e. The summed E-state index contributed by atoms with van der Waals surface area (Å²) < 4.78 is 27.1. The molecule has 0 amide bonds. The average molecular weight is 289 g/mol. The highest BCUT2D eigenvalue weighted by molar-refractivity contribution is 7.92. The number of benzene rings is 1. The van der Waals surface area contributed by atoms with E-state index in [1.165, 1.54) is 22.6 Å². The minimum absolute atomic E-state index is 0.105. The summed E-state index contributed by atoms with van der Waals surface area (Å²) in [5, 5.41) is 0. The SMILES string of the molecule is CC1Cc2ccccc2N1S(=O)(=O)c1ccnc(N)c1. The molecule has 0 spiro atoms. The molecule has 3 rings (SSSR count). The fourth-order valence-corrected chi connectivity index (χ4v) is 4.32. The van der Waals surface area contributed by atoms with Gasteiger partial charge in [-0.25, -0.2) is 13.4 Å². The highest BCUT2D eigenvalue weighted by atomic mass is 32.2. The third kappa shape index (κ3) is 1.92.